The molecule has 12 aromatic rings. The first kappa shape index (κ1) is 40.1. The smallest absolute Gasteiger partial charge is 0.180 e. The van der Waals surface area contributed by atoms with Crippen LogP contribution >= 0.6 is 0 Å². The first-order valence-corrected chi connectivity index (χ1v) is 26.4. The van der Waals surface area contributed by atoms with Crippen LogP contribution < -0.4 is 30.5 Å². The molecule has 0 saturated carbocycles. The Balaban J connectivity index is 1.10. The zero-order valence-corrected chi connectivity index (χ0v) is 40.1. The van der Waals surface area contributed by atoms with Gasteiger partial charge in [-0.1, -0.05) is 140 Å². The number of anilines is 6. The lowest BCUT2D eigenvalue weighted by Gasteiger charge is -2.45. The van der Waals surface area contributed by atoms with Crippen LogP contribution in [0.25, 0.3) is 44.6 Å². The number of benzene rings is 9. The first-order chi connectivity index (χ1) is 35.0. The van der Waals surface area contributed by atoms with Crippen LogP contribution in [0, 0.1) is 13.8 Å². The van der Waals surface area contributed by atoms with Crippen molar-refractivity contribution in [3.05, 3.63) is 264 Å². The van der Waals surface area contributed by atoms with Gasteiger partial charge in [-0.3, -0.25) is 0 Å². The number of hydrogen-bond acceptors (Lipinski definition) is 5. The lowest BCUT2D eigenvalue weighted by atomic mass is 9.65. The highest BCUT2D eigenvalue weighted by atomic mass is 28.3. The molecule has 1 spiro atoms. The van der Waals surface area contributed by atoms with Gasteiger partial charge < -0.3 is 23.1 Å². The van der Waals surface area contributed by atoms with Crippen molar-refractivity contribution in [2.24, 2.45) is 0 Å². The Labute approximate surface area is 412 Å². The second kappa shape index (κ2) is 14.8. The molecule has 5 nitrogen and oxygen atoms in total. The second-order valence-corrected chi connectivity index (χ2v) is 23.1. The number of nitrogens with zero attached hydrogens (tertiary/aromatic N) is 2. The van der Waals surface area contributed by atoms with E-state index in [0.29, 0.717) is 0 Å². The van der Waals surface area contributed by atoms with Gasteiger partial charge in [-0.2, -0.15) is 0 Å². The number of rotatable bonds is 6. The van der Waals surface area contributed by atoms with Crippen LogP contribution in [0.4, 0.5) is 34.1 Å². The summed E-state index contributed by atoms with van der Waals surface area (Å²) in [5.74, 6) is 1.54. The van der Waals surface area contributed by atoms with E-state index in [1.807, 2.05) is 18.6 Å². The van der Waals surface area contributed by atoms with Crippen molar-refractivity contribution in [1.29, 1.82) is 0 Å². The van der Waals surface area contributed by atoms with Gasteiger partial charge in [0.25, 0.3) is 0 Å². The molecule has 71 heavy (non-hydrogen) atoms. The average Bonchev–Trinajstić information content (AvgIpc) is 4.25. The highest BCUT2D eigenvalue weighted by Gasteiger charge is 2.57. The largest absolute Gasteiger partial charge is 0.461 e. The molecule has 0 fully saturated rings. The number of fused-ring (bicyclic) bond motifs is 15. The van der Waals surface area contributed by atoms with Gasteiger partial charge in [0.1, 0.15) is 11.2 Å². The molecule has 6 heteroatoms. The van der Waals surface area contributed by atoms with E-state index in [4.69, 9.17) is 13.3 Å². The van der Waals surface area contributed by atoms with E-state index in [1.165, 1.54) is 48.6 Å². The third kappa shape index (κ3) is 5.40. The monoisotopic (exact) mass is 928 g/mol. The standard InChI is InChI=1S/C65H44N2O3Si/c1-41-15-13-17-43(35-41)66(44-18-14-16-42(2)36-44)46-27-29-53-57(38-46)67(45-28-30-60-51(37-45)49-23-9-11-25-59(49)70-60)58-39-52-50-24-10-12-26-61(50)71(47-19-5-3-6-20-47,48-21-7-4-8-22-48)62(52)40-56(58)65(53)54-31-33-68-63(54)64-55(65)32-34-69-64/h3-40H,1-2H3. The minimum Gasteiger partial charge on any atom is -0.461 e. The number of furan rings is 3. The molecule has 15 rings (SSSR count). The predicted octanol–water partition coefficient (Wildman–Crippen LogP) is 14.4. The first-order valence-electron chi connectivity index (χ1n) is 24.4. The molecule has 3 aliphatic rings. The van der Waals surface area contributed by atoms with Crippen LogP contribution in [0.3, 0.4) is 0 Å². The quantitative estimate of drug-likeness (QED) is 0.156. The summed E-state index contributed by atoms with van der Waals surface area (Å²) in [5.41, 5.74) is 16.7. The van der Waals surface area contributed by atoms with E-state index in [2.05, 4.69) is 236 Å². The lowest BCUT2D eigenvalue weighted by molar-refractivity contribution is 0.525. The number of aryl methyl sites for hydroxylation is 2. The van der Waals surface area contributed by atoms with E-state index >= 15 is 0 Å². The Morgan fingerprint density at radius 3 is 1.72 bits per heavy atom. The minimum atomic E-state index is -2.95. The van der Waals surface area contributed by atoms with Crippen LogP contribution in [0.1, 0.15) is 33.4 Å². The van der Waals surface area contributed by atoms with Gasteiger partial charge in [0.15, 0.2) is 19.6 Å². The summed E-state index contributed by atoms with van der Waals surface area (Å²) in [6, 6.07) is 81.0. The Morgan fingerprint density at radius 1 is 0.423 bits per heavy atom. The SMILES string of the molecule is Cc1cccc(N(c2cccc(C)c2)c2ccc3c(c2)N(c2ccc4oc5ccccc5c4c2)c2cc4c(cc2C32c3ccoc3-c3occc32)[Si](c2ccccc2)(c2ccccc2)c2ccccc2-4)c1. The summed E-state index contributed by atoms with van der Waals surface area (Å²) in [5, 5.41) is 7.63. The maximum Gasteiger partial charge on any atom is 0.180 e. The summed E-state index contributed by atoms with van der Waals surface area (Å²) in [7, 11) is -2.95. The van der Waals surface area contributed by atoms with Gasteiger partial charge in [0.05, 0.1) is 29.3 Å². The zero-order valence-electron chi connectivity index (χ0n) is 39.1. The fourth-order valence-electron chi connectivity index (χ4n) is 12.8. The van der Waals surface area contributed by atoms with Crippen molar-refractivity contribution in [1.82, 2.24) is 0 Å². The van der Waals surface area contributed by atoms with Gasteiger partial charge >= 0.3 is 0 Å². The molecule has 0 unspecified atom stereocenters. The molecule has 2 aliphatic heterocycles. The van der Waals surface area contributed by atoms with E-state index < -0.39 is 13.5 Å². The highest BCUT2D eigenvalue weighted by molar-refractivity contribution is 7.22. The topological polar surface area (TPSA) is 45.9 Å². The molecule has 0 bridgehead atoms. The molecule has 0 atom stereocenters. The summed E-state index contributed by atoms with van der Waals surface area (Å²) < 4.78 is 19.5. The van der Waals surface area contributed by atoms with Gasteiger partial charge in [-0.05, 0) is 147 Å². The molecule has 5 heterocycles. The van der Waals surface area contributed by atoms with Crippen LogP contribution in [0.15, 0.2) is 244 Å². The Kier molecular flexibility index (Phi) is 8.37. The third-order valence-electron chi connectivity index (χ3n) is 15.6. The number of para-hydroxylation sites is 1. The van der Waals surface area contributed by atoms with E-state index in [9.17, 15) is 0 Å². The molecule has 0 amide bonds. The number of hydrogen-bond donors (Lipinski definition) is 0. The Bertz CT molecular complexity index is 4000. The van der Waals surface area contributed by atoms with Crippen molar-refractivity contribution in [2.45, 2.75) is 19.3 Å². The van der Waals surface area contributed by atoms with Crippen LogP contribution in [0.2, 0.25) is 0 Å². The van der Waals surface area contributed by atoms with E-state index in [0.717, 1.165) is 84.3 Å². The van der Waals surface area contributed by atoms with Gasteiger partial charge in [-0.25, -0.2) is 0 Å². The summed E-state index contributed by atoms with van der Waals surface area (Å²) in [6.07, 6.45) is 3.67. The van der Waals surface area contributed by atoms with Crippen molar-refractivity contribution < 1.29 is 13.3 Å². The zero-order chi connectivity index (χ0) is 47.0. The normalized spacial score (nSPS) is 14.3. The highest BCUT2D eigenvalue weighted by Crippen LogP contribution is 2.65. The molecule has 336 valence electrons. The molecule has 0 saturated heterocycles. The van der Waals surface area contributed by atoms with Crippen molar-refractivity contribution in [3.63, 3.8) is 0 Å². The average molecular weight is 929 g/mol. The third-order valence-corrected chi connectivity index (χ3v) is 20.5. The molecule has 0 radical (unpaired) electrons. The van der Waals surface area contributed by atoms with Crippen LogP contribution in [-0.2, 0) is 5.41 Å². The molecular weight excluding hydrogens is 885 g/mol. The van der Waals surface area contributed by atoms with Crippen LogP contribution in [-0.4, -0.2) is 8.07 Å². The molecule has 0 N–H and O–H groups in total. The van der Waals surface area contributed by atoms with Crippen molar-refractivity contribution >= 4 is 84.9 Å². The Morgan fingerprint density at radius 2 is 1.03 bits per heavy atom. The second-order valence-electron chi connectivity index (χ2n) is 19.3. The fourth-order valence-corrected chi connectivity index (χ4v) is 18.0. The Hall–Kier alpha value is -8.84. The predicted molar refractivity (Wildman–Crippen MR) is 291 cm³/mol. The van der Waals surface area contributed by atoms with E-state index in [-0.39, 0.29) is 0 Å². The molecule has 3 aromatic heterocycles. The summed E-state index contributed by atoms with van der Waals surface area (Å²) in [4.78, 5) is 4.92. The van der Waals surface area contributed by atoms with Crippen molar-refractivity contribution in [3.8, 4) is 22.6 Å². The summed E-state index contributed by atoms with van der Waals surface area (Å²) in [6.45, 7) is 4.33. The maximum atomic E-state index is 6.52. The minimum absolute atomic E-state index is 0.769. The molecule has 9 aromatic carbocycles. The van der Waals surface area contributed by atoms with E-state index in [1.54, 1.807) is 0 Å². The van der Waals surface area contributed by atoms with Gasteiger partial charge in [-0.15, -0.1) is 0 Å². The van der Waals surface area contributed by atoms with Crippen LogP contribution in [0.5, 0.6) is 0 Å². The maximum absolute atomic E-state index is 6.52. The molecular formula is C65H44N2O3Si. The van der Waals surface area contributed by atoms with Gasteiger partial charge in [0.2, 0.25) is 0 Å². The van der Waals surface area contributed by atoms with Crippen molar-refractivity contribution in [2.75, 3.05) is 9.80 Å². The van der Waals surface area contributed by atoms with Gasteiger partial charge in [0, 0.05) is 44.6 Å². The molecule has 1 aliphatic carbocycles. The summed E-state index contributed by atoms with van der Waals surface area (Å²) >= 11 is 0. The fraction of sp³-hybridized carbons (Fsp3) is 0.0462. The lowest BCUT2D eigenvalue weighted by Crippen LogP contribution is -2.73.